The number of methoxy groups -OCH3 is 1. The van der Waals surface area contributed by atoms with Gasteiger partial charge in [0, 0.05) is 31.9 Å². The molecule has 2 N–H and O–H groups in total. The maximum absolute atomic E-state index is 5.98. The van der Waals surface area contributed by atoms with Crippen molar-refractivity contribution in [3.8, 4) is 11.5 Å². The Morgan fingerprint density at radius 2 is 2.12 bits per heavy atom. The van der Waals surface area contributed by atoms with Gasteiger partial charge in [0.05, 0.1) is 32.9 Å². The molecule has 0 saturated carbocycles. The number of benzene rings is 1. The summed E-state index contributed by atoms with van der Waals surface area (Å²) in [6.07, 6.45) is 2.10. The van der Waals surface area contributed by atoms with Crippen LogP contribution in [0, 0.1) is 0 Å². The highest BCUT2D eigenvalue weighted by atomic mass is 16.5. The SMILES string of the molecule is CCNC(=NCc1ccc(N2CCOC(C)C2)nc1)NCC(C)Oc1cccc(OC)c1. The molecule has 174 valence electrons. The average molecular weight is 442 g/mol. The van der Waals surface area contributed by atoms with E-state index in [1.165, 1.54) is 0 Å². The number of nitrogens with zero attached hydrogens (tertiary/aromatic N) is 3. The number of guanidine groups is 1. The van der Waals surface area contributed by atoms with Crippen LogP contribution in [0.15, 0.2) is 47.6 Å². The summed E-state index contributed by atoms with van der Waals surface area (Å²) in [4.78, 5) is 11.6. The Labute approximate surface area is 191 Å². The monoisotopic (exact) mass is 441 g/mol. The first-order chi connectivity index (χ1) is 15.6. The fourth-order valence-corrected chi connectivity index (χ4v) is 3.42. The molecular formula is C24H35N5O3. The number of rotatable bonds is 9. The lowest BCUT2D eigenvalue weighted by Gasteiger charge is -2.32. The number of aromatic nitrogens is 1. The van der Waals surface area contributed by atoms with Crippen molar-refractivity contribution in [2.75, 3.05) is 44.8 Å². The molecule has 2 atom stereocenters. The van der Waals surface area contributed by atoms with E-state index in [1.807, 2.05) is 44.3 Å². The number of pyridine rings is 1. The number of aliphatic imine (C=N–C) groups is 1. The zero-order valence-electron chi connectivity index (χ0n) is 19.5. The van der Waals surface area contributed by atoms with E-state index < -0.39 is 0 Å². The maximum atomic E-state index is 5.98. The van der Waals surface area contributed by atoms with Gasteiger partial charge >= 0.3 is 0 Å². The molecule has 2 unspecified atom stereocenters. The minimum atomic E-state index is -0.0390. The van der Waals surface area contributed by atoms with E-state index in [0.29, 0.717) is 13.1 Å². The topological polar surface area (TPSA) is 80.2 Å². The molecule has 1 saturated heterocycles. The second-order valence-corrected chi connectivity index (χ2v) is 7.84. The van der Waals surface area contributed by atoms with Crippen molar-refractivity contribution < 1.29 is 14.2 Å². The van der Waals surface area contributed by atoms with Crippen molar-refractivity contribution in [2.45, 2.75) is 39.5 Å². The molecule has 0 bridgehead atoms. The molecule has 8 heteroatoms. The first-order valence-corrected chi connectivity index (χ1v) is 11.2. The highest BCUT2D eigenvalue weighted by Crippen LogP contribution is 2.20. The van der Waals surface area contributed by atoms with Crippen molar-refractivity contribution in [1.82, 2.24) is 15.6 Å². The molecule has 32 heavy (non-hydrogen) atoms. The lowest BCUT2D eigenvalue weighted by Crippen LogP contribution is -2.41. The summed E-state index contributed by atoms with van der Waals surface area (Å²) in [6, 6.07) is 11.8. The molecule has 1 aromatic heterocycles. The van der Waals surface area contributed by atoms with Crippen LogP contribution < -0.4 is 25.0 Å². The molecule has 1 aliphatic heterocycles. The van der Waals surface area contributed by atoms with E-state index in [0.717, 1.165) is 55.1 Å². The van der Waals surface area contributed by atoms with Crippen LogP contribution in [0.25, 0.3) is 0 Å². The summed E-state index contributed by atoms with van der Waals surface area (Å²) in [7, 11) is 1.65. The average Bonchev–Trinajstić information content (AvgIpc) is 2.81. The fraction of sp³-hybridized carbons (Fsp3) is 0.500. The number of hydrogen-bond acceptors (Lipinski definition) is 6. The maximum Gasteiger partial charge on any atom is 0.191 e. The van der Waals surface area contributed by atoms with E-state index in [-0.39, 0.29) is 12.2 Å². The second-order valence-electron chi connectivity index (χ2n) is 7.84. The Morgan fingerprint density at radius 3 is 2.84 bits per heavy atom. The zero-order chi connectivity index (χ0) is 22.8. The van der Waals surface area contributed by atoms with Gasteiger partial charge in [0.15, 0.2) is 5.96 Å². The zero-order valence-corrected chi connectivity index (χ0v) is 19.5. The van der Waals surface area contributed by atoms with Gasteiger partial charge in [0.1, 0.15) is 23.4 Å². The van der Waals surface area contributed by atoms with E-state index in [9.17, 15) is 0 Å². The van der Waals surface area contributed by atoms with Crippen LogP contribution in [0.1, 0.15) is 26.3 Å². The molecule has 2 heterocycles. The Kier molecular flexibility index (Phi) is 8.98. The number of morpholine rings is 1. The van der Waals surface area contributed by atoms with Gasteiger partial charge in [-0.25, -0.2) is 9.98 Å². The molecule has 2 aromatic rings. The van der Waals surface area contributed by atoms with Gasteiger partial charge in [-0.3, -0.25) is 0 Å². The Hall–Kier alpha value is -3.00. The van der Waals surface area contributed by atoms with Gasteiger partial charge < -0.3 is 29.7 Å². The van der Waals surface area contributed by atoms with Crippen LogP contribution in [0.5, 0.6) is 11.5 Å². The molecule has 0 amide bonds. The predicted molar refractivity (Wildman–Crippen MR) is 128 cm³/mol. The van der Waals surface area contributed by atoms with Crippen LogP contribution >= 0.6 is 0 Å². The van der Waals surface area contributed by atoms with Crippen LogP contribution in [0.2, 0.25) is 0 Å². The summed E-state index contributed by atoms with van der Waals surface area (Å²) in [5.74, 6) is 3.29. The molecule has 0 spiro atoms. The van der Waals surface area contributed by atoms with E-state index in [1.54, 1.807) is 7.11 Å². The van der Waals surface area contributed by atoms with Gasteiger partial charge in [-0.05, 0) is 44.5 Å². The number of anilines is 1. The largest absolute Gasteiger partial charge is 0.497 e. The first kappa shape index (κ1) is 23.7. The quantitative estimate of drug-likeness (QED) is 0.458. The van der Waals surface area contributed by atoms with Crippen molar-refractivity contribution in [3.63, 3.8) is 0 Å². The molecular weight excluding hydrogens is 406 g/mol. The fourth-order valence-electron chi connectivity index (χ4n) is 3.42. The Morgan fingerprint density at radius 1 is 1.28 bits per heavy atom. The highest BCUT2D eigenvalue weighted by Gasteiger charge is 2.17. The molecule has 0 radical (unpaired) electrons. The smallest absolute Gasteiger partial charge is 0.191 e. The van der Waals surface area contributed by atoms with Gasteiger partial charge in [0.25, 0.3) is 0 Å². The normalized spacial score (nSPS) is 17.6. The van der Waals surface area contributed by atoms with Crippen LogP contribution in [-0.4, -0.2) is 63.0 Å². The minimum absolute atomic E-state index is 0.0390. The van der Waals surface area contributed by atoms with Gasteiger partial charge in [-0.1, -0.05) is 12.1 Å². The van der Waals surface area contributed by atoms with Gasteiger partial charge in [-0.15, -0.1) is 0 Å². The number of hydrogen-bond donors (Lipinski definition) is 2. The van der Waals surface area contributed by atoms with Gasteiger partial charge in [-0.2, -0.15) is 0 Å². The van der Waals surface area contributed by atoms with Gasteiger partial charge in [0.2, 0.25) is 0 Å². The molecule has 1 aliphatic rings. The summed E-state index contributed by atoms with van der Waals surface area (Å²) >= 11 is 0. The van der Waals surface area contributed by atoms with E-state index in [4.69, 9.17) is 14.2 Å². The van der Waals surface area contributed by atoms with Crippen molar-refractivity contribution in [1.29, 1.82) is 0 Å². The lowest BCUT2D eigenvalue weighted by atomic mass is 10.2. The summed E-state index contributed by atoms with van der Waals surface area (Å²) < 4.78 is 16.8. The molecule has 3 rings (SSSR count). The van der Waals surface area contributed by atoms with E-state index >= 15 is 0 Å². The third-order valence-electron chi connectivity index (χ3n) is 5.07. The summed E-state index contributed by atoms with van der Waals surface area (Å²) in [5.41, 5.74) is 1.06. The minimum Gasteiger partial charge on any atom is -0.497 e. The molecule has 1 aromatic carbocycles. The van der Waals surface area contributed by atoms with E-state index in [2.05, 4.69) is 44.6 Å². The molecule has 8 nitrogen and oxygen atoms in total. The summed E-state index contributed by atoms with van der Waals surface area (Å²) in [6.45, 7) is 10.6. The molecule has 1 fully saturated rings. The Bertz CT molecular complexity index is 859. The first-order valence-electron chi connectivity index (χ1n) is 11.2. The van der Waals surface area contributed by atoms with Crippen LogP contribution in [-0.2, 0) is 11.3 Å². The van der Waals surface area contributed by atoms with Crippen molar-refractivity contribution in [2.24, 2.45) is 4.99 Å². The Balaban J connectivity index is 1.51. The van der Waals surface area contributed by atoms with Crippen LogP contribution in [0.3, 0.4) is 0 Å². The van der Waals surface area contributed by atoms with Crippen molar-refractivity contribution in [3.05, 3.63) is 48.2 Å². The standard InChI is InChI=1S/C24H35N5O3/c1-5-25-24(27-14-18(2)32-22-8-6-7-21(13-22)30-4)28-16-20-9-10-23(26-15-20)29-11-12-31-19(3)17-29/h6-10,13,15,18-19H,5,11-12,14,16-17H2,1-4H3,(H2,25,27,28). The third-order valence-corrected chi connectivity index (χ3v) is 5.07. The van der Waals surface area contributed by atoms with Crippen LogP contribution in [0.4, 0.5) is 5.82 Å². The second kappa shape index (κ2) is 12.1. The molecule has 0 aliphatic carbocycles. The number of ether oxygens (including phenoxy) is 3. The predicted octanol–water partition coefficient (Wildman–Crippen LogP) is 2.84. The van der Waals surface area contributed by atoms with Crippen molar-refractivity contribution >= 4 is 11.8 Å². The third kappa shape index (κ3) is 7.30. The highest BCUT2D eigenvalue weighted by molar-refractivity contribution is 5.79. The summed E-state index contributed by atoms with van der Waals surface area (Å²) in [5, 5.41) is 6.63. The lowest BCUT2D eigenvalue weighted by molar-refractivity contribution is 0.0529. The number of nitrogens with one attached hydrogen (secondary N) is 2.